The Balaban J connectivity index is 2.35. The van der Waals surface area contributed by atoms with Crippen molar-refractivity contribution in [3.63, 3.8) is 0 Å². The van der Waals surface area contributed by atoms with E-state index in [1.807, 2.05) is 12.1 Å². The molecule has 45 heavy (non-hydrogen) atoms. The second-order valence-electron chi connectivity index (χ2n) is 17.1. The van der Waals surface area contributed by atoms with Crippen LogP contribution in [0, 0.1) is 0 Å². The van der Waals surface area contributed by atoms with Crippen molar-refractivity contribution in [2.45, 2.75) is 176 Å². The van der Waals surface area contributed by atoms with Crippen molar-refractivity contribution in [3.05, 3.63) is 58.7 Å². The predicted molar refractivity (Wildman–Crippen MR) is 194 cm³/mol. The Morgan fingerprint density at radius 2 is 0.867 bits per heavy atom. The minimum atomic E-state index is -4.04. The average molecular weight is 643 g/mol. The fourth-order valence-electron chi connectivity index (χ4n) is 5.40. The van der Waals surface area contributed by atoms with E-state index in [4.69, 9.17) is 13.6 Å². The molecule has 0 unspecified atom stereocenters. The molecule has 0 fully saturated rings. The first kappa shape index (κ1) is 39.4. The van der Waals surface area contributed by atoms with Crippen LogP contribution < -0.4 is 9.05 Å². The summed E-state index contributed by atoms with van der Waals surface area (Å²) in [6.45, 7) is 28.7. The molecule has 0 aromatic heterocycles. The molecule has 256 valence electrons. The third-order valence-electron chi connectivity index (χ3n) is 8.47. The Bertz CT molecular complexity index is 1150. The van der Waals surface area contributed by atoms with Crippen molar-refractivity contribution < 1.29 is 18.1 Å². The van der Waals surface area contributed by atoms with Crippen LogP contribution in [0.1, 0.15) is 176 Å². The van der Waals surface area contributed by atoms with Gasteiger partial charge in [0.2, 0.25) is 0 Å². The van der Waals surface area contributed by atoms with Gasteiger partial charge in [0.15, 0.2) is 0 Å². The van der Waals surface area contributed by atoms with E-state index in [2.05, 4.69) is 114 Å². The summed E-state index contributed by atoms with van der Waals surface area (Å²) in [5.41, 5.74) is 3.86. The van der Waals surface area contributed by atoms with Crippen LogP contribution in [0.5, 0.6) is 11.5 Å². The van der Waals surface area contributed by atoms with Crippen LogP contribution in [-0.4, -0.2) is 6.61 Å². The van der Waals surface area contributed by atoms with Crippen molar-refractivity contribution in [2.24, 2.45) is 0 Å². The van der Waals surface area contributed by atoms with Crippen molar-refractivity contribution >= 4 is 7.82 Å². The monoisotopic (exact) mass is 642 g/mol. The smallest absolute Gasteiger partial charge is 0.395 e. The summed E-state index contributed by atoms with van der Waals surface area (Å²) >= 11 is 0. The molecular formula is C40H67O4P. The van der Waals surface area contributed by atoms with Crippen LogP contribution >= 0.6 is 7.82 Å². The normalized spacial score (nSPS) is 13.3. The molecule has 0 N–H and O–H groups in total. The van der Waals surface area contributed by atoms with Crippen LogP contribution in [-0.2, 0) is 30.7 Å². The maximum atomic E-state index is 14.7. The minimum Gasteiger partial charge on any atom is -0.395 e. The summed E-state index contributed by atoms with van der Waals surface area (Å²) in [6.07, 6.45) is 12.2. The number of rotatable bonds is 16. The zero-order valence-corrected chi connectivity index (χ0v) is 32.2. The van der Waals surface area contributed by atoms with E-state index in [1.54, 1.807) is 0 Å². The standard InChI is InChI=1S/C40H67O4P/c1-14-15-16-17-18-19-20-21-22-23-28-42-45(41,43-35-26-24-31(37(2,3)4)29-33(35)39(8,9)10)44-36-27-25-32(38(5,6)7)30-34(36)40(11,12)13/h24-27,29-30H,14-23,28H2,1-13H3. The van der Waals surface area contributed by atoms with Crippen LogP contribution in [0.2, 0.25) is 0 Å². The van der Waals surface area contributed by atoms with Gasteiger partial charge in [0.1, 0.15) is 11.5 Å². The molecule has 0 bridgehead atoms. The summed E-state index contributed by atoms with van der Waals surface area (Å²) in [6, 6.07) is 12.4. The third kappa shape index (κ3) is 13.1. The Hall–Kier alpha value is -1.77. The molecule has 2 aromatic rings. The molecule has 0 atom stereocenters. The second kappa shape index (κ2) is 16.4. The largest absolute Gasteiger partial charge is 0.587 e. The average Bonchev–Trinajstić information content (AvgIpc) is 2.89. The third-order valence-corrected chi connectivity index (χ3v) is 9.81. The van der Waals surface area contributed by atoms with Crippen LogP contribution in [0.4, 0.5) is 0 Å². The summed E-state index contributed by atoms with van der Waals surface area (Å²) in [7, 11) is -4.04. The molecule has 0 aliphatic rings. The van der Waals surface area contributed by atoms with Gasteiger partial charge in [-0.25, -0.2) is 4.57 Å². The Morgan fingerprint density at radius 3 is 1.20 bits per heavy atom. The predicted octanol–water partition coefficient (Wildman–Crippen LogP) is 13.4. The van der Waals surface area contributed by atoms with Gasteiger partial charge in [0.25, 0.3) is 0 Å². The van der Waals surface area contributed by atoms with E-state index in [0.29, 0.717) is 18.1 Å². The quantitative estimate of drug-likeness (QED) is 0.135. The van der Waals surface area contributed by atoms with Crippen molar-refractivity contribution in [3.8, 4) is 11.5 Å². The van der Waals surface area contributed by atoms with E-state index < -0.39 is 7.82 Å². The fraction of sp³-hybridized carbons (Fsp3) is 0.700. The highest BCUT2D eigenvalue weighted by molar-refractivity contribution is 7.49. The maximum Gasteiger partial charge on any atom is 0.587 e. The molecule has 0 spiro atoms. The van der Waals surface area contributed by atoms with Gasteiger partial charge in [-0.1, -0.05) is 172 Å². The van der Waals surface area contributed by atoms with Gasteiger partial charge in [-0.05, 0) is 51.3 Å². The number of phosphoric ester groups is 1. The van der Waals surface area contributed by atoms with Crippen LogP contribution in [0.3, 0.4) is 0 Å². The van der Waals surface area contributed by atoms with Gasteiger partial charge in [0.05, 0.1) is 6.61 Å². The maximum absolute atomic E-state index is 14.7. The first-order valence-electron chi connectivity index (χ1n) is 17.6. The summed E-state index contributed by atoms with van der Waals surface area (Å²) in [4.78, 5) is 0. The molecule has 0 amide bonds. The van der Waals surface area contributed by atoms with E-state index >= 15 is 0 Å². The minimum absolute atomic E-state index is 0.0266. The molecule has 5 heteroatoms. The molecule has 0 radical (unpaired) electrons. The number of unbranched alkanes of at least 4 members (excludes halogenated alkanes) is 9. The van der Waals surface area contributed by atoms with Gasteiger partial charge in [0, 0.05) is 11.1 Å². The lowest BCUT2D eigenvalue weighted by molar-refractivity contribution is 0.203. The number of phosphoric acid groups is 1. The highest BCUT2D eigenvalue weighted by Crippen LogP contribution is 2.53. The molecule has 0 aliphatic heterocycles. The summed E-state index contributed by atoms with van der Waals surface area (Å²) < 4.78 is 33.6. The lowest BCUT2D eigenvalue weighted by Gasteiger charge is -2.30. The first-order chi connectivity index (χ1) is 20.7. The SMILES string of the molecule is CCCCCCCCCCCCOP(=O)(Oc1ccc(C(C)(C)C)cc1C(C)(C)C)Oc1ccc(C(C)(C)C)cc1C(C)(C)C. The number of benzene rings is 2. The number of hydrogen-bond donors (Lipinski definition) is 0. The van der Waals surface area contributed by atoms with Gasteiger partial charge in [-0.3, -0.25) is 4.52 Å². The second-order valence-corrected chi connectivity index (χ2v) is 18.6. The topological polar surface area (TPSA) is 44.8 Å². The van der Waals surface area contributed by atoms with Crippen molar-refractivity contribution in [2.75, 3.05) is 6.61 Å². The van der Waals surface area contributed by atoms with Crippen LogP contribution in [0.25, 0.3) is 0 Å². The Labute approximate surface area is 278 Å². The van der Waals surface area contributed by atoms with Crippen molar-refractivity contribution in [1.29, 1.82) is 0 Å². The lowest BCUT2D eigenvalue weighted by Crippen LogP contribution is -2.19. The molecule has 0 saturated carbocycles. The highest BCUT2D eigenvalue weighted by Gasteiger charge is 2.36. The first-order valence-corrected chi connectivity index (χ1v) is 19.1. The van der Waals surface area contributed by atoms with Crippen LogP contribution in [0.15, 0.2) is 36.4 Å². The molecule has 4 nitrogen and oxygen atoms in total. The van der Waals surface area contributed by atoms with E-state index in [1.165, 1.54) is 56.1 Å². The summed E-state index contributed by atoms with van der Waals surface area (Å²) in [5.74, 6) is 1.09. The van der Waals surface area contributed by atoms with E-state index in [0.717, 1.165) is 30.4 Å². The summed E-state index contributed by atoms with van der Waals surface area (Å²) in [5, 5.41) is 0. The van der Waals surface area contributed by atoms with E-state index in [9.17, 15) is 4.57 Å². The zero-order valence-electron chi connectivity index (χ0n) is 31.3. The van der Waals surface area contributed by atoms with Gasteiger partial charge < -0.3 is 9.05 Å². The Morgan fingerprint density at radius 1 is 0.511 bits per heavy atom. The van der Waals surface area contributed by atoms with E-state index in [-0.39, 0.29) is 21.7 Å². The van der Waals surface area contributed by atoms with Gasteiger partial charge >= 0.3 is 7.82 Å². The molecule has 0 saturated heterocycles. The fourth-order valence-corrected chi connectivity index (χ4v) is 6.70. The van der Waals surface area contributed by atoms with Gasteiger partial charge in [-0.2, -0.15) is 0 Å². The van der Waals surface area contributed by atoms with Gasteiger partial charge in [-0.15, -0.1) is 0 Å². The lowest BCUT2D eigenvalue weighted by atomic mass is 9.80. The number of hydrogen-bond acceptors (Lipinski definition) is 4. The van der Waals surface area contributed by atoms with Crippen molar-refractivity contribution in [1.82, 2.24) is 0 Å². The Kier molecular flexibility index (Phi) is 14.3. The zero-order chi connectivity index (χ0) is 34.1. The highest BCUT2D eigenvalue weighted by atomic mass is 31.2. The molecule has 2 aromatic carbocycles. The molecule has 0 heterocycles. The molecule has 2 rings (SSSR count). The molecule has 0 aliphatic carbocycles. The molecular weight excluding hydrogens is 575 g/mol.